The highest BCUT2D eigenvalue weighted by atomic mass is 35.5. The Morgan fingerprint density at radius 2 is 2.00 bits per heavy atom. The van der Waals surface area contributed by atoms with E-state index in [0.29, 0.717) is 35.2 Å². The first-order valence-corrected chi connectivity index (χ1v) is 8.49. The van der Waals surface area contributed by atoms with Gasteiger partial charge < -0.3 is 24.1 Å². The van der Waals surface area contributed by atoms with Crippen LogP contribution in [0.3, 0.4) is 0 Å². The van der Waals surface area contributed by atoms with Crippen LogP contribution in [0.1, 0.15) is 23.4 Å². The molecular weight excluding hydrogens is 360 g/mol. The van der Waals surface area contributed by atoms with Crippen molar-refractivity contribution in [2.24, 2.45) is 0 Å². The van der Waals surface area contributed by atoms with Gasteiger partial charge in [0.1, 0.15) is 6.04 Å². The van der Waals surface area contributed by atoms with E-state index < -0.39 is 6.04 Å². The molecule has 138 valence electrons. The van der Waals surface area contributed by atoms with Gasteiger partial charge >= 0.3 is 0 Å². The Hall–Kier alpha value is -2.67. The van der Waals surface area contributed by atoms with E-state index in [4.69, 9.17) is 25.5 Å². The quantitative estimate of drug-likeness (QED) is 0.864. The number of hydrogen-bond donors (Lipinski definition) is 1. The number of methoxy groups -OCH3 is 2. The zero-order valence-electron chi connectivity index (χ0n) is 14.5. The smallest absolute Gasteiger partial charge is 0.290 e. The molecule has 1 aliphatic rings. The second-order valence-electron chi connectivity index (χ2n) is 5.81. The standard InChI is InChI=1S/C18H19ClN2O5/c1-24-15-9-11(19)12(10-16(15)25-2)20-17(22)13-5-3-7-21(13)18(23)14-6-4-8-26-14/h4,6,8-10,13H,3,5,7H2,1-2H3,(H,20,22)/t13-/m0/s1. The maximum Gasteiger partial charge on any atom is 0.290 e. The monoisotopic (exact) mass is 378 g/mol. The average Bonchev–Trinajstić information content (AvgIpc) is 3.34. The van der Waals surface area contributed by atoms with Crippen LogP contribution >= 0.6 is 11.6 Å². The predicted molar refractivity (Wildman–Crippen MR) is 96.0 cm³/mol. The van der Waals surface area contributed by atoms with Crippen molar-refractivity contribution >= 4 is 29.1 Å². The molecule has 2 heterocycles. The first-order valence-electron chi connectivity index (χ1n) is 8.12. The molecule has 0 saturated carbocycles. The van der Waals surface area contributed by atoms with E-state index >= 15 is 0 Å². The van der Waals surface area contributed by atoms with Crippen LogP contribution in [0.25, 0.3) is 0 Å². The average molecular weight is 379 g/mol. The van der Waals surface area contributed by atoms with Gasteiger partial charge in [-0.15, -0.1) is 0 Å². The van der Waals surface area contributed by atoms with Gasteiger partial charge in [-0.1, -0.05) is 11.6 Å². The number of furan rings is 1. The van der Waals surface area contributed by atoms with E-state index in [1.54, 1.807) is 24.3 Å². The summed E-state index contributed by atoms with van der Waals surface area (Å²) in [5.41, 5.74) is 0.395. The van der Waals surface area contributed by atoms with Crippen molar-refractivity contribution in [2.75, 3.05) is 26.1 Å². The summed E-state index contributed by atoms with van der Waals surface area (Å²) in [7, 11) is 3.00. The Labute approximate surface area is 155 Å². The number of carbonyl (C=O) groups is 2. The van der Waals surface area contributed by atoms with Crippen LogP contribution in [0.2, 0.25) is 5.02 Å². The fraction of sp³-hybridized carbons (Fsp3) is 0.333. The van der Waals surface area contributed by atoms with Gasteiger partial charge in [0, 0.05) is 18.7 Å². The summed E-state index contributed by atoms with van der Waals surface area (Å²) < 4.78 is 15.6. The maximum atomic E-state index is 12.7. The lowest BCUT2D eigenvalue weighted by Gasteiger charge is -2.23. The fourth-order valence-corrected chi connectivity index (χ4v) is 3.19. The topological polar surface area (TPSA) is 81.0 Å². The molecule has 1 aromatic carbocycles. The molecule has 0 bridgehead atoms. The minimum Gasteiger partial charge on any atom is -0.493 e. The third-order valence-electron chi connectivity index (χ3n) is 4.28. The number of likely N-dealkylation sites (tertiary alicyclic amines) is 1. The molecular formula is C18H19ClN2O5. The van der Waals surface area contributed by atoms with E-state index in [1.165, 1.54) is 25.4 Å². The number of benzene rings is 1. The minimum absolute atomic E-state index is 0.217. The van der Waals surface area contributed by atoms with Gasteiger partial charge in [-0.3, -0.25) is 9.59 Å². The van der Waals surface area contributed by atoms with Crippen molar-refractivity contribution in [2.45, 2.75) is 18.9 Å². The third-order valence-corrected chi connectivity index (χ3v) is 4.59. The molecule has 1 fully saturated rings. The number of ether oxygens (including phenoxy) is 2. The summed E-state index contributed by atoms with van der Waals surface area (Å²) in [6, 6.07) is 5.79. The lowest BCUT2D eigenvalue weighted by molar-refractivity contribution is -0.119. The number of carbonyl (C=O) groups excluding carboxylic acids is 2. The first-order chi connectivity index (χ1) is 12.5. The second kappa shape index (κ2) is 7.70. The van der Waals surface area contributed by atoms with Crippen molar-refractivity contribution in [3.8, 4) is 11.5 Å². The number of halogens is 1. The summed E-state index contributed by atoms with van der Waals surface area (Å²) in [5, 5.41) is 3.09. The molecule has 0 aliphatic carbocycles. The Balaban J connectivity index is 1.78. The summed E-state index contributed by atoms with van der Waals surface area (Å²) in [4.78, 5) is 26.8. The third kappa shape index (κ3) is 3.48. The zero-order chi connectivity index (χ0) is 18.7. The van der Waals surface area contributed by atoms with Crippen molar-refractivity contribution in [1.29, 1.82) is 0 Å². The number of hydrogen-bond acceptors (Lipinski definition) is 5. The Bertz CT molecular complexity index is 806. The van der Waals surface area contributed by atoms with E-state index in [-0.39, 0.29) is 17.6 Å². The number of anilines is 1. The molecule has 1 saturated heterocycles. The van der Waals surface area contributed by atoms with Gasteiger partial charge in [0.15, 0.2) is 17.3 Å². The van der Waals surface area contributed by atoms with Crippen molar-refractivity contribution in [3.05, 3.63) is 41.3 Å². The van der Waals surface area contributed by atoms with E-state index in [9.17, 15) is 9.59 Å². The molecule has 1 N–H and O–H groups in total. The van der Waals surface area contributed by atoms with Crippen LogP contribution < -0.4 is 14.8 Å². The first kappa shape index (κ1) is 18.1. The van der Waals surface area contributed by atoms with Gasteiger partial charge in [0.2, 0.25) is 5.91 Å². The van der Waals surface area contributed by atoms with E-state index in [2.05, 4.69) is 5.32 Å². The number of nitrogens with one attached hydrogen (secondary N) is 1. The summed E-state index contributed by atoms with van der Waals surface area (Å²) >= 11 is 6.22. The molecule has 0 spiro atoms. The van der Waals surface area contributed by atoms with Gasteiger partial charge in [-0.2, -0.15) is 0 Å². The van der Waals surface area contributed by atoms with E-state index in [0.717, 1.165) is 6.42 Å². The zero-order valence-corrected chi connectivity index (χ0v) is 15.2. The fourth-order valence-electron chi connectivity index (χ4n) is 2.99. The molecule has 7 nitrogen and oxygen atoms in total. The van der Waals surface area contributed by atoms with Crippen LogP contribution in [0.5, 0.6) is 11.5 Å². The lowest BCUT2D eigenvalue weighted by Crippen LogP contribution is -2.43. The van der Waals surface area contributed by atoms with Crippen LogP contribution in [0, 0.1) is 0 Å². The molecule has 2 aromatic rings. The summed E-state index contributed by atoms with van der Waals surface area (Å²) in [6.07, 6.45) is 2.75. The molecule has 1 aromatic heterocycles. The van der Waals surface area contributed by atoms with E-state index in [1.807, 2.05) is 0 Å². The maximum absolute atomic E-state index is 12.7. The Kier molecular flexibility index (Phi) is 5.37. The van der Waals surface area contributed by atoms with Gasteiger partial charge in [0.25, 0.3) is 5.91 Å². The second-order valence-corrected chi connectivity index (χ2v) is 6.22. The van der Waals surface area contributed by atoms with Gasteiger partial charge in [0.05, 0.1) is 31.2 Å². The number of amides is 2. The highest BCUT2D eigenvalue weighted by Crippen LogP contribution is 2.36. The van der Waals surface area contributed by atoms with Crippen LogP contribution in [-0.4, -0.2) is 43.5 Å². The molecule has 3 rings (SSSR count). The normalized spacial score (nSPS) is 16.4. The minimum atomic E-state index is -0.586. The number of nitrogens with zero attached hydrogens (tertiary/aromatic N) is 1. The molecule has 1 aliphatic heterocycles. The number of rotatable bonds is 5. The highest BCUT2D eigenvalue weighted by Gasteiger charge is 2.35. The van der Waals surface area contributed by atoms with Crippen molar-refractivity contribution in [3.63, 3.8) is 0 Å². The molecule has 8 heteroatoms. The van der Waals surface area contributed by atoms with Crippen LogP contribution in [-0.2, 0) is 4.79 Å². The van der Waals surface area contributed by atoms with Crippen molar-refractivity contribution < 1.29 is 23.5 Å². The van der Waals surface area contributed by atoms with Crippen LogP contribution in [0.4, 0.5) is 5.69 Å². The molecule has 1 atom stereocenters. The molecule has 26 heavy (non-hydrogen) atoms. The Morgan fingerprint density at radius 3 is 2.65 bits per heavy atom. The van der Waals surface area contributed by atoms with Gasteiger partial charge in [-0.05, 0) is 25.0 Å². The molecule has 2 amide bonds. The summed E-state index contributed by atoms with van der Waals surface area (Å²) in [6.45, 7) is 0.497. The van der Waals surface area contributed by atoms with Crippen LogP contribution in [0.15, 0.2) is 34.9 Å². The van der Waals surface area contributed by atoms with Gasteiger partial charge in [-0.25, -0.2) is 0 Å². The predicted octanol–water partition coefficient (Wildman–Crippen LogP) is 3.19. The SMILES string of the molecule is COc1cc(Cl)c(NC(=O)[C@@H]2CCCN2C(=O)c2ccco2)cc1OC. The van der Waals surface area contributed by atoms with Crippen molar-refractivity contribution in [1.82, 2.24) is 4.90 Å². The molecule has 0 radical (unpaired) electrons. The largest absolute Gasteiger partial charge is 0.493 e. The molecule has 0 unspecified atom stereocenters. The summed E-state index contributed by atoms with van der Waals surface area (Å²) in [5.74, 6) is 0.518. The highest BCUT2D eigenvalue weighted by molar-refractivity contribution is 6.34. The Morgan fingerprint density at radius 1 is 1.27 bits per heavy atom. The lowest BCUT2D eigenvalue weighted by atomic mass is 10.2.